The molecule has 1 saturated heterocycles. The van der Waals surface area contributed by atoms with Gasteiger partial charge in [0.05, 0.1) is 32.4 Å². The van der Waals surface area contributed by atoms with E-state index < -0.39 is 35.2 Å². The van der Waals surface area contributed by atoms with E-state index in [2.05, 4.69) is 15.5 Å². The van der Waals surface area contributed by atoms with Crippen LogP contribution >= 0.6 is 34.4 Å². The van der Waals surface area contributed by atoms with Crippen LogP contribution in [-0.2, 0) is 31.0 Å². The summed E-state index contributed by atoms with van der Waals surface area (Å²) in [4.78, 5) is 62.8. The number of amides is 2. The van der Waals surface area contributed by atoms with E-state index in [1.165, 1.54) is 35.6 Å². The number of thioether (sulfide) groups is 1. The summed E-state index contributed by atoms with van der Waals surface area (Å²) in [5, 5.41) is 20.3. The van der Waals surface area contributed by atoms with Crippen molar-refractivity contribution in [1.29, 1.82) is 0 Å². The molecule has 0 bridgehead atoms. The van der Waals surface area contributed by atoms with Crippen LogP contribution in [-0.4, -0.2) is 83.8 Å². The molecule has 4 rings (SSSR count). The van der Waals surface area contributed by atoms with E-state index in [1.807, 2.05) is 4.57 Å². The number of carboxylic acid groups (broad SMARTS) is 1. The number of aliphatic carboxylic acids is 1. The number of ether oxygens (including phenoxy) is 1. The fraction of sp³-hybridized carbons (Fsp3) is 0.435. The second-order valence-corrected chi connectivity index (χ2v) is 11.7. The van der Waals surface area contributed by atoms with Crippen molar-refractivity contribution >= 4 is 74.2 Å². The number of nitrogen functional groups attached to an aromatic ring is 1. The molecule has 3 N–H and O–H groups in total. The summed E-state index contributed by atoms with van der Waals surface area (Å²) in [6.07, 6.45) is 0. The summed E-state index contributed by atoms with van der Waals surface area (Å²) in [6, 6.07) is -0.992. The third-order valence-corrected chi connectivity index (χ3v) is 9.66. The Morgan fingerprint density at radius 3 is 2.73 bits per heavy atom. The maximum Gasteiger partial charge on any atom is 0.352 e. The Kier molecular flexibility index (Phi) is 8.65. The monoisotopic (exact) mass is 609 g/mol. The Hall–Kier alpha value is -3.70. The summed E-state index contributed by atoms with van der Waals surface area (Å²) in [6.45, 7) is 3.94. The van der Waals surface area contributed by atoms with E-state index in [4.69, 9.17) is 15.3 Å². The quantitative estimate of drug-likeness (QED) is 0.111. The van der Waals surface area contributed by atoms with E-state index in [0.29, 0.717) is 21.3 Å². The van der Waals surface area contributed by atoms with Crippen LogP contribution in [0.25, 0.3) is 0 Å². The van der Waals surface area contributed by atoms with Crippen LogP contribution in [0.1, 0.15) is 28.0 Å². The van der Waals surface area contributed by atoms with Gasteiger partial charge in [-0.15, -0.1) is 23.1 Å². The van der Waals surface area contributed by atoms with Gasteiger partial charge in [0.2, 0.25) is 0 Å². The number of hydrogen-bond donors (Lipinski definition) is 2. The van der Waals surface area contributed by atoms with Crippen molar-refractivity contribution in [2.24, 2.45) is 12.2 Å². The van der Waals surface area contributed by atoms with Crippen LogP contribution in [0.3, 0.4) is 0 Å². The first-order valence-corrected chi connectivity index (χ1v) is 14.6. The number of esters is 1. The van der Waals surface area contributed by atoms with Crippen LogP contribution in [0.15, 0.2) is 21.8 Å². The summed E-state index contributed by atoms with van der Waals surface area (Å²) in [5.41, 5.74) is 6.62. The predicted octanol–water partition coefficient (Wildman–Crippen LogP) is -1.01. The number of likely N-dealkylation sites (N-methyl/N-ethyl adjacent to an activating group) is 1. The number of oxime groups is 1. The lowest BCUT2D eigenvalue weighted by Gasteiger charge is -2.50. The molecular formula is C23H27N7O7S3. The Bertz CT molecular complexity index is 1430. The Morgan fingerprint density at radius 1 is 1.40 bits per heavy atom. The molecule has 2 atom stereocenters. The molecule has 0 radical (unpaired) electrons. The van der Waals surface area contributed by atoms with Crippen molar-refractivity contribution in [3.8, 4) is 0 Å². The molecule has 0 aromatic carbocycles. The van der Waals surface area contributed by atoms with E-state index in [-0.39, 0.29) is 41.1 Å². The van der Waals surface area contributed by atoms with Crippen LogP contribution < -0.4 is 25.6 Å². The highest BCUT2D eigenvalue weighted by atomic mass is 32.2. The molecule has 2 aliphatic heterocycles. The minimum absolute atomic E-state index is 0.162. The maximum absolute atomic E-state index is 13.1. The van der Waals surface area contributed by atoms with Crippen molar-refractivity contribution in [3.05, 3.63) is 32.9 Å². The number of carboxylic acids is 1. The first-order chi connectivity index (χ1) is 19.0. The van der Waals surface area contributed by atoms with Crippen LogP contribution in [0.5, 0.6) is 0 Å². The van der Waals surface area contributed by atoms with Gasteiger partial charge in [-0.1, -0.05) is 5.16 Å². The van der Waals surface area contributed by atoms with Crippen LogP contribution in [0, 0.1) is 6.92 Å². The minimum atomic E-state index is -1.50. The molecule has 2 aliphatic rings. The number of aromatic nitrogens is 2. The second-order valence-electron chi connectivity index (χ2n) is 8.73. The highest BCUT2D eigenvalue weighted by Crippen LogP contribution is 2.40. The number of anilines is 2. The standard InChI is InChI=1S/C23H27N7O7S3/c1-6-37-21(35)16-10(2)29(4)23(40-16)28(3)7-11-8-38-19-14(18(32)30(19)15(11)20(33)34)26-17(31)13(27-36-5)12-9-39-22(24)25-12/h9,14,19H,6-8H2,1-5H3,(H3-,24,25,26,31,33,34)/b27-13-. The van der Waals surface area contributed by atoms with Gasteiger partial charge in [-0.2, -0.15) is 0 Å². The highest BCUT2D eigenvalue weighted by Gasteiger charge is 2.53. The van der Waals surface area contributed by atoms with Crippen molar-refractivity contribution in [2.75, 3.05) is 43.7 Å². The number of rotatable bonds is 10. The molecule has 14 nitrogen and oxygen atoms in total. The van der Waals surface area contributed by atoms with E-state index >= 15 is 0 Å². The lowest BCUT2D eigenvalue weighted by molar-refractivity contribution is -0.660. The number of fused-ring (bicyclic) bond motifs is 1. The average molecular weight is 610 g/mol. The SMILES string of the molecule is CCOC(=O)c1sc(N(C)CC2=C(C(=O)[O-])N3C(=O)C(NC(=O)/C(=N\OC)c4csc(N)n4)C3SC2)[n+](C)c1C. The van der Waals surface area contributed by atoms with Gasteiger partial charge >= 0.3 is 11.1 Å². The topological polar surface area (TPSA) is 183 Å². The maximum atomic E-state index is 13.1. The van der Waals surface area contributed by atoms with E-state index in [1.54, 1.807) is 32.8 Å². The smallest absolute Gasteiger partial charge is 0.352 e. The van der Waals surface area contributed by atoms with Crippen LogP contribution in [0.4, 0.5) is 10.3 Å². The number of hydrogen-bond acceptors (Lipinski definition) is 14. The molecule has 2 aromatic heterocycles. The molecule has 40 heavy (non-hydrogen) atoms. The molecule has 214 valence electrons. The Labute approximate surface area is 241 Å². The zero-order chi connectivity index (χ0) is 29.3. The first-order valence-electron chi connectivity index (χ1n) is 11.9. The van der Waals surface area contributed by atoms with Gasteiger partial charge in [0.1, 0.15) is 36.5 Å². The number of nitrogens with one attached hydrogen (secondary N) is 1. The fourth-order valence-electron chi connectivity index (χ4n) is 4.30. The zero-order valence-electron chi connectivity index (χ0n) is 22.2. The van der Waals surface area contributed by atoms with Gasteiger partial charge in [0.25, 0.3) is 11.8 Å². The highest BCUT2D eigenvalue weighted by molar-refractivity contribution is 8.00. The molecule has 0 saturated carbocycles. The Morgan fingerprint density at radius 2 is 2.12 bits per heavy atom. The first kappa shape index (κ1) is 29.3. The predicted molar refractivity (Wildman–Crippen MR) is 147 cm³/mol. The van der Waals surface area contributed by atoms with Crippen molar-refractivity contribution in [1.82, 2.24) is 15.2 Å². The molecule has 0 aliphatic carbocycles. The van der Waals surface area contributed by atoms with Crippen LogP contribution in [0.2, 0.25) is 0 Å². The normalized spacial score (nSPS) is 18.7. The van der Waals surface area contributed by atoms with Gasteiger partial charge in [-0.05, 0) is 25.2 Å². The largest absolute Gasteiger partial charge is 0.543 e. The second kappa shape index (κ2) is 11.8. The van der Waals surface area contributed by atoms with Crippen molar-refractivity contribution < 1.29 is 38.4 Å². The fourth-order valence-corrected chi connectivity index (χ4v) is 7.29. The summed E-state index contributed by atoms with van der Waals surface area (Å²) >= 11 is 3.66. The van der Waals surface area contributed by atoms with Crippen molar-refractivity contribution in [2.45, 2.75) is 25.3 Å². The molecule has 2 unspecified atom stereocenters. The molecule has 17 heteroatoms. The third-order valence-electron chi connectivity index (χ3n) is 6.22. The van der Waals surface area contributed by atoms with Gasteiger partial charge in [0.15, 0.2) is 15.7 Å². The lowest BCUT2D eigenvalue weighted by Crippen LogP contribution is -2.71. The molecule has 2 amide bonds. The number of nitrogens with two attached hydrogens (primary N) is 1. The molecular weight excluding hydrogens is 582 g/mol. The molecule has 2 aromatic rings. The molecule has 0 spiro atoms. The van der Waals surface area contributed by atoms with Gasteiger partial charge in [-0.3, -0.25) is 19.4 Å². The number of carbonyl (C=O) groups excluding carboxylic acids is 4. The number of nitrogens with zero attached hydrogens (tertiary/aromatic N) is 5. The molecule has 1 fully saturated rings. The summed E-state index contributed by atoms with van der Waals surface area (Å²) in [7, 11) is 4.83. The third kappa shape index (κ3) is 5.35. The number of carbonyl (C=O) groups is 4. The number of thiazole rings is 2. The number of β-lactam (4-membered cyclic amide) rings is 1. The van der Waals surface area contributed by atoms with Gasteiger partial charge < -0.3 is 30.5 Å². The minimum Gasteiger partial charge on any atom is -0.543 e. The van der Waals surface area contributed by atoms with Gasteiger partial charge in [-0.25, -0.2) is 14.3 Å². The lowest BCUT2D eigenvalue weighted by atomic mass is 10.0. The summed E-state index contributed by atoms with van der Waals surface area (Å²) in [5.74, 6) is -2.96. The average Bonchev–Trinajstić information content (AvgIpc) is 3.47. The van der Waals surface area contributed by atoms with Crippen molar-refractivity contribution in [3.63, 3.8) is 0 Å². The van der Waals surface area contributed by atoms with E-state index in [9.17, 15) is 24.3 Å². The summed E-state index contributed by atoms with van der Waals surface area (Å²) < 4.78 is 6.96. The van der Waals surface area contributed by atoms with E-state index in [0.717, 1.165) is 16.2 Å². The zero-order valence-corrected chi connectivity index (χ0v) is 24.7. The Balaban J connectivity index is 1.53. The van der Waals surface area contributed by atoms with Gasteiger partial charge in [0, 0.05) is 16.7 Å². The molecule has 4 heterocycles.